The Morgan fingerprint density at radius 2 is 1.88 bits per heavy atom. The lowest BCUT2D eigenvalue weighted by molar-refractivity contribution is -0.141. The number of nitrogens with zero attached hydrogens (tertiary/aromatic N) is 2. The lowest BCUT2D eigenvalue weighted by Gasteiger charge is -2.56. The van der Waals surface area contributed by atoms with Crippen molar-refractivity contribution in [1.29, 1.82) is 0 Å². The second-order valence-electron chi connectivity index (χ2n) is 10.8. The highest BCUT2D eigenvalue weighted by molar-refractivity contribution is 7.99. The highest BCUT2D eigenvalue weighted by Gasteiger charge is 2.51. The molecule has 4 saturated carbocycles. The maximum Gasteiger partial charge on any atom is 0.305 e. The lowest BCUT2D eigenvalue weighted by atomic mass is 9.53. The molecule has 5 fully saturated rings. The van der Waals surface area contributed by atoms with E-state index in [4.69, 9.17) is 9.72 Å². The molecule has 0 aromatic carbocycles. The number of carbonyl (C=O) groups excluding carboxylic acids is 2. The average molecular weight is 472 g/mol. The number of hydrogen-bond donors (Lipinski definition) is 1. The van der Waals surface area contributed by atoms with Crippen LogP contribution in [0, 0.1) is 23.7 Å². The number of esters is 1. The van der Waals surface area contributed by atoms with E-state index in [2.05, 4.69) is 17.1 Å². The van der Waals surface area contributed by atoms with Crippen LogP contribution in [0.4, 0.5) is 5.82 Å². The molecular formula is C26H37N3O3S. The van der Waals surface area contributed by atoms with E-state index in [0.717, 1.165) is 79.5 Å². The van der Waals surface area contributed by atoms with Gasteiger partial charge >= 0.3 is 5.97 Å². The third kappa shape index (κ3) is 4.89. The fourth-order valence-electron chi connectivity index (χ4n) is 7.36. The average Bonchev–Trinajstić information content (AvgIpc) is 2.78. The molecule has 4 aliphatic carbocycles. The van der Waals surface area contributed by atoms with Crippen LogP contribution in [0.1, 0.15) is 75.1 Å². The van der Waals surface area contributed by atoms with Crippen LogP contribution >= 0.6 is 11.8 Å². The van der Waals surface area contributed by atoms with E-state index in [1.165, 1.54) is 26.4 Å². The molecule has 4 bridgehead atoms. The van der Waals surface area contributed by atoms with E-state index in [1.54, 1.807) is 11.8 Å². The van der Waals surface area contributed by atoms with Crippen LogP contribution in [-0.2, 0) is 9.53 Å². The number of thioether (sulfide) groups is 1. The van der Waals surface area contributed by atoms with Crippen LogP contribution in [0.3, 0.4) is 0 Å². The number of amides is 1. The van der Waals surface area contributed by atoms with Gasteiger partial charge in [-0.05, 0) is 92.9 Å². The van der Waals surface area contributed by atoms with Gasteiger partial charge in [0.05, 0.1) is 12.7 Å². The van der Waals surface area contributed by atoms with Crippen molar-refractivity contribution < 1.29 is 14.3 Å². The molecule has 1 saturated heterocycles. The van der Waals surface area contributed by atoms with Gasteiger partial charge in [0.1, 0.15) is 10.8 Å². The first kappa shape index (κ1) is 23.0. The molecule has 1 aromatic rings. The summed E-state index contributed by atoms with van der Waals surface area (Å²) >= 11 is 1.64. The summed E-state index contributed by atoms with van der Waals surface area (Å²) in [7, 11) is 1.45. The standard InChI is InChI=1S/C26H37N3O3S/c1-3-33-25-21(24(31)28-26-13-18-9-19(14-26)11-20(10-18)15-26)6-7-22(27-25)29-8-4-5-17(16-29)12-23(30)32-2/h6-7,17-20H,3-5,8-16H2,1-2H3,(H,28,31)/t17-,18?,19?,20?,26?/m0/s1. The summed E-state index contributed by atoms with van der Waals surface area (Å²) in [5, 5.41) is 4.34. The van der Waals surface area contributed by atoms with Crippen LogP contribution in [0.15, 0.2) is 17.2 Å². The van der Waals surface area contributed by atoms with E-state index in [1.807, 2.05) is 12.1 Å². The van der Waals surface area contributed by atoms with Crippen molar-refractivity contribution in [1.82, 2.24) is 10.3 Å². The van der Waals surface area contributed by atoms with Gasteiger partial charge in [0.25, 0.3) is 5.91 Å². The topological polar surface area (TPSA) is 71.5 Å². The quantitative estimate of drug-likeness (QED) is 0.460. The molecule has 1 aliphatic heterocycles. The Hall–Kier alpha value is -1.76. The van der Waals surface area contributed by atoms with E-state index in [9.17, 15) is 9.59 Å². The minimum atomic E-state index is -0.145. The third-order valence-corrected chi connectivity index (χ3v) is 9.19. The van der Waals surface area contributed by atoms with Crippen molar-refractivity contribution in [3.8, 4) is 0 Å². The van der Waals surface area contributed by atoms with E-state index in [0.29, 0.717) is 12.0 Å². The molecule has 1 atom stereocenters. The van der Waals surface area contributed by atoms with Crippen molar-refractivity contribution in [3.05, 3.63) is 17.7 Å². The van der Waals surface area contributed by atoms with Gasteiger partial charge in [-0.15, -0.1) is 11.8 Å². The summed E-state index contributed by atoms with van der Waals surface area (Å²) in [6.45, 7) is 3.84. The molecule has 180 valence electrons. The Labute approximate surface area is 201 Å². The largest absolute Gasteiger partial charge is 0.469 e. The fraction of sp³-hybridized carbons (Fsp3) is 0.731. The Balaban J connectivity index is 1.31. The monoisotopic (exact) mass is 471 g/mol. The normalized spacial score (nSPS) is 32.6. The van der Waals surface area contributed by atoms with Crippen LogP contribution in [0.2, 0.25) is 0 Å². The SMILES string of the molecule is CCSc1nc(N2CCC[C@@H](CC(=O)OC)C2)ccc1C(=O)NC12CC3CC(CC(C3)C1)C2. The van der Waals surface area contributed by atoms with Crippen LogP contribution in [-0.4, -0.2) is 48.4 Å². The molecule has 0 radical (unpaired) electrons. The summed E-state index contributed by atoms with van der Waals surface area (Å²) in [5.74, 6) is 4.39. The van der Waals surface area contributed by atoms with Gasteiger partial charge in [0.2, 0.25) is 0 Å². The first-order valence-corrected chi connectivity index (χ1v) is 13.7. The summed E-state index contributed by atoms with van der Waals surface area (Å²) < 4.78 is 4.87. The van der Waals surface area contributed by atoms with Gasteiger partial charge in [0, 0.05) is 25.0 Å². The molecule has 0 spiro atoms. The smallest absolute Gasteiger partial charge is 0.305 e. The Kier molecular flexibility index (Phi) is 6.60. The number of piperidine rings is 1. The Bertz CT molecular complexity index is 869. The van der Waals surface area contributed by atoms with Crippen molar-refractivity contribution >= 4 is 29.5 Å². The number of aromatic nitrogens is 1. The molecule has 33 heavy (non-hydrogen) atoms. The van der Waals surface area contributed by atoms with Crippen molar-refractivity contribution in [2.75, 3.05) is 30.9 Å². The van der Waals surface area contributed by atoms with Crippen molar-refractivity contribution in [2.45, 2.75) is 75.3 Å². The van der Waals surface area contributed by atoms with Crippen LogP contribution in [0.25, 0.3) is 0 Å². The second-order valence-corrected chi connectivity index (χ2v) is 12.1. The molecule has 6 nitrogen and oxygen atoms in total. The van der Waals surface area contributed by atoms with Crippen LogP contribution in [0.5, 0.6) is 0 Å². The zero-order chi connectivity index (χ0) is 23.0. The minimum Gasteiger partial charge on any atom is -0.469 e. The molecule has 0 unspecified atom stereocenters. The number of methoxy groups -OCH3 is 1. The molecule has 1 aromatic heterocycles. The van der Waals surface area contributed by atoms with E-state index in [-0.39, 0.29) is 23.3 Å². The van der Waals surface area contributed by atoms with Crippen molar-refractivity contribution in [2.24, 2.45) is 23.7 Å². The number of ether oxygens (including phenoxy) is 1. The van der Waals surface area contributed by atoms with Gasteiger partial charge < -0.3 is 15.0 Å². The maximum absolute atomic E-state index is 13.5. The molecule has 1 N–H and O–H groups in total. The van der Waals surface area contributed by atoms with E-state index >= 15 is 0 Å². The van der Waals surface area contributed by atoms with Gasteiger partial charge in [-0.2, -0.15) is 0 Å². The molecule has 2 heterocycles. The molecule has 5 aliphatic rings. The highest BCUT2D eigenvalue weighted by Crippen LogP contribution is 2.55. The highest BCUT2D eigenvalue weighted by atomic mass is 32.2. The number of hydrogen-bond acceptors (Lipinski definition) is 6. The summed E-state index contributed by atoms with van der Waals surface area (Å²) in [5.41, 5.74) is 0.719. The Morgan fingerprint density at radius 3 is 2.52 bits per heavy atom. The first-order valence-electron chi connectivity index (χ1n) is 12.7. The maximum atomic E-state index is 13.5. The minimum absolute atomic E-state index is 0.00658. The van der Waals surface area contributed by atoms with Gasteiger partial charge in [-0.25, -0.2) is 4.98 Å². The summed E-state index contributed by atoms with van der Waals surface area (Å²) in [6.07, 6.45) is 10.1. The molecule has 1 amide bonds. The molecule has 6 rings (SSSR count). The van der Waals surface area contributed by atoms with E-state index < -0.39 is 0 Å². The molecular weight excluding hydrogens is 434 g/mol. The second kappa shape index (κ2) is 9.47. The summed E-state index contributed by atoms with van der Waals surface area (Å²) in [4.78, 5) is 32.4. The predicted octanol–water partition coefficient (Wildman–Crippen LogP) is 4.67. The van der Waals surface area contributed by atoms with Gasteiger partial charge in [0.15, 0.2) is 0 Å². The number of anilines is 1. The number of carbonyl (C=O) groups is 2. The third-order valence-electron chi connectivity index (χ3n) is 8.31. The lowest BCUT2D eigenvalue weighted by Crippen LogP contribution is -2.59. The summed E-state index contributed by atoms with van der Waals surface area (Å²) in [6, 6.07) is 3.97. The Morgan fingerprint density at radius 1 is 1.18 bits per heavy atom. The number of nitrogens with one attached hydrogen (secondary N) is 1. The predicted molar refractivity (Wildman–Crippen MR) is 131 cm³/mol. The number of pyridine rings is 1. The van der Waals surface area contributed by atoms with Crippen LogP contribution < -0.4 is 10.2 Å². The first-order chi connectivity index (χ1) is 16.0. The fourth-order valence-corrected chi connectivity index (χ4v) is 8.10. The van der Waals surface area contributed by atoms with Crippen molar-refractivity contribution in [3.63, 3.8) is 0 Å². The number of rotatable bonds is 7. The molecule has 7 heteroatoms. The zero-order valence-corrected chi connectivity index (χ0v) is 20.8. The van der Waals surface area contributed by atoms with Gasteiger partial charge in [-0.3, -0.25) is 9.59 Å². The zero-order valence-electron chi connectivity index (χ0n) is 20.0. The van der Waals surface area contributed by atoms with Gasteiger partial charge in [-0.1, -0.05) is 6.92 Å².